The number of phenols is 2. The third kappa shape index (κ3) is 4.13. The minimum Gasteiger partial charge on any atom is -0.508 e. The summed E-state index contributed by atoms with van der Waals surface area (Å²) in [6.45, 7) is -0.539. The molecule has 0 saturated heterocycles. The van der Waals surface area contributed by atoms with Gasteiger partial charge in [0.2, 0.25) is 0 Å². The Bertz CT molecular complexity index is 644. The fourth-order valence-electron chi connectivity index (χ4n) is 2.62. The van der Waals surface area contributed by atoms with E-state index in [-0.39, 0.29) is 11.3 Å². The SMILES string of the molecule is N#CC1(NC(=O)COC(=O)c2ccc(O)cc2O)CCCCC1. The molecule has 3 N–H and O–H groups in total. The summed E-state index contributed by atoms with van der Waals surface area (Å²) in [5, 5.41) is 30.6. The molecule has 1 amide bonds. The van der Waals surface area contributed by atoms with Crippen molar-refractivity contribution in [2.75, 3.05) is 6.61 Å². The molecule has 0 spiro atoms. The molecule has 0 atom stereocenters. The third-order valence-corrected chi connectivity index (χ3v) is 3.84. The number of nitriles is 1. The van der Waals surface area contributed by atoms with Crippen LogP contribution in [0.25, 0.3) is 0 Å². The first-order valence-electron chi connectivity index (χ1n) is 7.37. The minimum absolute atomic E-state index is 0.150. The monoisotopic (exact) mass is 318 g/mol. The fraction of sp³-hybridized carbons (Fsp3) is 0.438. The molecule has 0 aliphatic heterocycles. The van der Waals surface area contributed by atoms with Gasteiger partial charge in [-0.3, -0.25) is 4.79 Å². The summed E-state index contributed by atoms with van der Waals surface area (Å²) < 4.78 is 4.84. The molecule has 23 heavy (non-hydrogen) atoms. The van der Waals surface area contributed by atoms with Crippen molar-refractivity contribution in [2.45, 2.75) is 37.6 Å². The summed E-state index contributed by atoms with van der Waals surface area (Å²) in [5.74, 6) is -2.06. The van der Waals surface area contributed by atoms with Gasteiger partial charge in [-0.2, -0.15) is 5.26 Å². The largest absolute Gasteiger partial charge is 0.508 e. The predicted octanol–water partition coefficient (Wildman–Crippen LogP) is 1.60. The van der Waals surface area contributed by atoms with Gasteiger partial charge in [-0.15, -0.1) is 0 Å². The first-order chi connectivity index (χ1) is 11.0. The molecule has 7 nitrogen and oxygen atoms in total. The van der Waals surface area contributed by atoms with Gasteiger partial charge in [0, 0.05) is 6.07 Å². The van der Waals surface area contributed by atoms with Crippen LogP contribution in [0.15, 0.2) is 18.2 Å². The Hall–Kier alpha value is -2.75. The highest BCUT2D eigenvalue weighted by atomic mass is 16.5. The topological polar surface area (TPSA) is 120 Å². The number of amides is 1. The zero-order valence-electron chi connectivity index (χ0n) is 12.5. The Balaban J connectivity index is 1.91. The molecule has 0 aromatic heterocycles. The van der Waals surface area contributed by atoms with Crippen molar-refractivity contribution in [1.29, 1.82) is 5.26 Å². The van der Waals surface area contributed by atoms with Crippen LogP contribution in [-0.4, -0.2) is 34.2 Å². The van der Waals surface area contributed by atoms with Gasteiger partial charge in [0.05, 0.1) is 6.07 Å². The van der Waals surface area contributed by atoms with E-state index in [1.807, 2.05) is 0 Å². The second-order valence-electron chi connectivity index (χ2n) is 5.58. The summed E-state index contributed by atoms with van der Waals surface area (Å²) >= 11 is 0. The number of esters is 1. The highest BCUT2D eigenvalue weighted by molar-refractivity contribution is 5.94. The molecule has 1 aliphatic rings. The average Bonchev–Trinajstić information content (AvgIpc) is 2.53. The van der Waals surface area contributed by atoms with Gasteiger partial charge in [-0.25, -0.2) is 4.79 Å². The fourth-order valence-corrected chi connectivity index (χ4v) is 2.62. The van der Waals surface area contributed by atoms with Crippen molar-refractivity contribution in [2.24, 2.45) is 0 Å². The quantitative estimate of drug-likeness (QED) is 0.725. The van der Waals surface area contributed by atoms with Crippen molar-refractivity contribution in [3.05, 3.63) is 23.8 Å². The Kier molecular flexibility index (Phi) is 5.06. The summed E-state index contributed by atoms with van der Waals surface area (Å²) in [6, 6.07) is 5.57. The Morgan fingerprint density at radius 1 is 1.26 bits per heavy atom. The second kappa shape index (κ2) is 7.01. The van der Waals surface area contributed by atoms with Gasteiger partial charge in [-0.05, 0) is 25.0 Å². The average molecular weight is 318 g/mol. The lowest BCUT2D eigenvalue weighted by Gasteiger charge is -2.31. The maximum absolute atomic E-state index is 11.9. The Morgan fingerprint density at radius 3 is 2.57 bits per heavy atom. The third-order valence-electron chi connectivity index (χ3n) is 3.84. The van der Waals surface area contributed by atoms with E-state index < -0.39 is 29.8 Å². The van der Waals surface area contributed by atoms with Crippen LogP contribution in [0.3, 0.4) is 0 Å². The van der Waals surface area contributed by atoms with E-state index in [0.29, 0.717) is 12.8 Å². The molecule has 1 aromatic carbocycles. The van der Waals surface area contributed by atoms with Crippen LogP contribution < -0.4 is 5.32 Å². The van der Waals surface area contributed by atoms with Crippen molar-refractivity contribution < 1.29 is 24.5 Å². The number of hydrogen-bond acceptors (Lipinski definition) is 6. The van der Waals surface area contributed by atoms with E-state index in [9.17, 15) is 20.0 Å². The number of carbonyl (C=O) groups is 2. The van der Waals surface area contributed by atoms with Crippen LogP contribution in [0.1, 0.15) is 42.5 Å². The summed E-state index contributed by atoms with van der Waals surface area (Å²) in [5.41, 5.74) is -1.04. The molecule has 1 aliphatic carbocycles. The van der Waals surface area contributed by atoms with Gasteiger partial charge < -0.3 is 20.3 Å². The van der Waals surface area contributed by atoms with E-state index in [1.54, 1.807) is 0 Å². The molecule has 2 rings (SSSR count). The van der Waals surface area contributed by atoms with Crippen molar-refractivity contribution in [3.63, 3.8) is 0 Å². The molecule has 122 valence electrons. The maximum Gasteiger partial charge on any atom is 0.342 e. The molecular weight excluding hydrogens is 300 g/mol. The zero-order chi connectivity index (χ0) is 16.9. The maximum atomic E-state index is 11.9. The number of benzene rings is 1. The molecule has 0 bridgehead atoms. The highest BCUT2D eigenvalue weighted by Gasteiger charge is 2.33. The number of rotatable bonds is 4. The number of carbonyl (C=O) groups excluding carboxylic acids is 2. The molecule has 1 fully saturated rings. The summed E-state index contributed by atoms with van der Waals surface area (Å²) in [4.78, 5) is 23.7. The number of phenolic OH excluding ortho intramolecular Hbond substituents is 2. The first-order valence-corrected chi connectivity index (χ1v) is 7.37. The van der Waals surface area contributed by atoms with Crippen molar-refractivity contribution in [3.8, 4) is 17.6 Å². The number of nitrogens with one attached hydrogen (secondary N) is 1. The number of nitrogens with zero attached hydrogens (tertiary/aromatic N) is 1. The van der Waals surface area contributed by atoms with Crippen LogP contribution in [-0.2, 0) is 9.53 Å². The van der Waals surface area contributed by atoms with E-state index in [2.05, 4.69) is 11.4 Å². The van der Waals surface area contributed by atoms with Crippen LogP contribution in [0, 0.1) is 11.3 Å². The molecule has 0 radical (unpaired) electrons. The predicted molar refractivity (Wildman–Crippen MR) is 79.6 cm³/mol. The van der Waals surface area contributed by atoms with Gasteiger partial charge >= 0.3 is 5.97 Å². The number of ether oxygens (including phenoxy) is 1. The number of aromatic hydroxyl groups is 2. The van der Waals surface area contributed by atoms with Gasteiger partial charge in [-0.1, -0.05) is 19.3 Å². The summed E-state index contributed by atoms with van der Waals surface area (Å²) in [6.07, 6.45) is 3.95. The van der Waals surface area contributed by atoms with Gasteiger partial charge in [0.25, 0.3) is 5.91 Å². The second-order valence-corrected chi connectivity index (χ2v) is 5.58. The van der Waals surface area contributed by atoms with Gasteiger partial charge in [0.15, 0.2) is 6.61 Å². The van der Waals surface area contributed by atoms with Crippen molar-refractivity contribution in [1.82, 2.24) is 5.32 Å². The molecule has 1 saturated carbocycles. The van der Waals surface area contributed by atoms with E-state index >= 15 is 0 Å². The zero-order valence-corrected chi connectivity index (χ0v) is 12.5. The van der Waals surface area contributed by atoms with Crippen LogP contribution >= 0.6 is 0 Å². The molecule has 1 aromatic rings. The normalized spacial score (nSPS) is 16.1. The van der Waals surface area contributed by atoms with Crippen LogP contribution in [0.5, 0.6) is 11.5 Å². The van der Waals surface area contributed by atoms with Crippen molar-refractivity contribution >= 4 is 11.9 Å². The molecular formula is C16H18N2O5. The Morgan fingerprint density at radius 2 is 1.96 bits per heavy atom. The van der Waals surface area contributed by atoms with Crippen LogP contribution in [0.4, 0.5) is 0 Å². The minimum atomic E-state index is -0.886. The lowest BCUT2D eigenvalue weighted by molar-refractivity contribution is -0.125. The van der Waals surface area contributed by atoms with Crippen LogP contribution in [0.2, 0.25) is 0 Å². The van der Waals surface area contributed by atoms with E-state index in [4.69, 9.17) is 9.84 Å². The standard InChI is InChI=1S/C16H18N2O5/c17-10-16(6-2-1-3-7-16)18-14(21)9-23-15(22)12-5-4-11(19)8-13(12)20/h4-5,8,19-20H,1-3,6-7,9H2,(H,18,21). The van der Waals surface area contributed by atoms with Gasteiger partial charge in [0.1, 0.15) is 22.6 Å². The lowest BCUT2D eigenvalue weighted by atomic mass is 9.83. The smallest absolute Gasteiger partial charge is 0.342 e. The lowest BCUT2D eigenvalue weighted by Crippen LogP contribution is -2.50. The number of hydrogen-bond donors (Lipinski definition) is 3. The Labute approximate surface area is 133 Å². The summed E-state index contributed by atoms with van der Waals surface area (Å²) in [7, 11) is 0. The van der Waals surface area contributed by atoms with E-state index in [1.165, 1.54) is 12.1 Å². The molecule has 0 unspecified atom stereocenters. The molecule has 0 heterocycles. The molecule has 7 heteroatoms. The van der Waals surface area contributed by atoms with E-state index in [0.717, 1.165) is 25.3 Å². The first kappa shape index (κ1) is 16.6. The highest BCUT2D eigenvalue weighted by Crippen LogP contribution is 2.27.